The summed E-state index contributed by atoms with van der Waals surface area (Å²) in [5.74, 6) is 0. The number of hydrogen-bond donors (Lipinski definition) is 1. The topological polar surface area (TPSA) is 58.4 Å². The fourth-order valence-electron chi connectivity index (χ4n) is 2.99. The Morgan fingerprint density at radius 2 is 1.78 bits per heavy atom. The molecular weight excluding hydrogens is 290 g/mol. The van der Waals surface area contributed by atoms with Gasteiger partial charge in [-0.15, -0.1) is 0 Å². The smallest absolute Gasteiger partial charge is 0.292 e. The van der Waals surface area contributed by atoms with Gasteiger partial charge >= 0.3 is 0 Å². The number of anilines is 2. The van der Waals surface area contributed by atoms with Gasteiger partial charge in [0, 0.05) is 18.3 Å². The number of nitro benzene ring substituents is 1. The fourth-order valence-corrected chi connectivity index (χ4v) is 2.99. The SMILES string of the molecule is O=[N+]([O-])c1cc(CN2CCCCC2)ccc1Nc1ccccc1. The molecule has 0 aromatic heterocycles. The highest BCUT2D eigenvalue weighted by molar-refractivity contribution is 5.70. The zero-order valence-corrected chi connectivity index (χ0v) is 13.1. The quantitative estimate of drug-likeness (QED) is 0.660. The number of nitrogens with one attached hydrogen (secondary N) is 1. The van der Waals surface area contributed by atoms with Gasteiger partial charge in [-0.2, -0.15) is 0 Å². The van der Waals surface area contributed by atoms with E-state index >= 15 is 0 Å². The molecule has 2 aromatic rings. The maximum atomic E-state index is 11.4. The fraction of sp³-hybridized carbons (Fsp3) is 0.333. The van der Waals surface area contributed by atoms with Gasteiger partial charge in [0.1, 0.15) is 5.69 Å². The van der Waals surface area contributed by atoms with Gasteiger partial charge in [-0.25, -0.2) is 0 Å². The lowest BCUT2D eigenvalue weighted by Crippen LogP contribution is -2.29. The van der Waals surface area contributed by atoms with E-state index in [1.54, 1.807) is 6.07 Å². The van der Waals surface area contributed by atoms with E-state index in [-0.39, 0.29) is 10.6 Å². The van der Waals surface area contributed by atoms with E-state index in [4.69, 9.17) is 0 Å². The molecule has 2 aromatic carbocycles. The van der Waals surface area contributed by atoms with E-state index < -0.39 is 0 Å². The van der Waals surface area contributed by atoms with Crippen molar-refractivity contribution in [1.29, 1.82) is 0 Å². The number of nitro groups is 1. The average Bonchev–Trinajstić information content (AvgIpc) is 2.58. The Balaban J connectivity index is 1.79. The van der Waals surface area contributed by atoms with Crippen molar-refractivity contribution in [2.24, 2.45) is 0 Å². The third-order valence-electron chi connectivity index (χ3n) is 4.17. The summed E-state index contributed by atoms with van der Waals surface area (Å²) in [6.07, 6.45) is 3.72. The van der Waals surface area contributed by atoms with Crippen LogP contribution in [0, 0.1) is 10.1 Å². The van der Waals surface area contributed by atoms with Crippen LogP contribution in [0.5, 0.6) is 0 Å². The highest BCUT2D eigenvalue weighted by atomic mass is 16.6. The minimum atomic E-state index is -0.315. The van der Waals surface area contributed by atoms with Gasteiger partial charge in [0.05, 0.1) is 4.92 Å². The number of piperidine rings is 1. The van der Waals surface area contributed by atoms with Crippen LogP contribution >= 0.6 is 0 Å². The molecule has 0 spiro atoms. The van der Waals surface area contributed by atoms with Crippen LogP contribution in [0.25, 0.3) is 0 Å². The summed E-state index contributed by atoms with van der Waals surface area (Å²) in [5, 5.41) is 14.5. The van der Waals surface area contributed by atoms with Crippen molar-refractivity contribution in [2.45, 2.75) is 25.8 Å². The zero-order chi connectivity index (χ0) is 16.1. The number of likely N-dealkylation sites (tertiary alicyclic amines) is 1. The van der Waals surface area contributed by atoms with Crippen LogP contribution in [0.3, 0.4) is 0 Å². The molecule has 0 saturated carbocycles. The highest BCUT2D eigenvalue weighted by Crippen LogP contribution is 2.29. The molecular formula is C18H21N3O2. The largest absolute Gasteiger partial charge is 0.350 e. The monoisotopic (exact) mass is 311 g/mol. The van der Waals surface area contributed by atoms with Gasteiger partial charge in [-0.1, -0.05) is 30.7 Å². The van der Waals surface area contributed by atoms with E-state index in [1.807, 2.05) is 42.5 Å². The molecule has 3 rings (SSSR count). The minimum Gasteiger partial charge on any atom is -0.350 e. The number of benzene rings is 2. The van der Waals surface area contributed by atoms with Crippen LogP contribution in [-0.2, 0) is 6.54 Å². The molecule has 1 fully saturated rings. The molecule has 5 nitrogen and oxygen atoms in total. The van der Waals surface area contributed by atoms with E-state index in [2.05, 4.69) is 10.2 Å². The molecule has 1 N–H and O–H groups in total. The second-order valence-electron chi connectivity index (χ2n) is 5.94. The molecule has 0 amide bonds. The van der Waals surface area contributed by atoms with Crippen molar-refractivity contribution in [3.63, 3.8) is 0 Å². The molecule has 0 atom stereocenters. The summed E-state index contributed by atoms with van der Waals surface area (Å²) >= 11 is 0. The van der Waals surface area contributed by atoms with Crippen molar-refractivity contribution in [2.75, 3.05) is 18.4 Å². The maximum absolute atomic E-state index is 11.4. The summed E-state index contributed by atoms with van der Waals surface area (Å²) in [4.78, 5) is 13.5. The summed E-state index contributed by atoms with van der Waals surface area (Å²) < 4.78 is 0. The first-order chi connectivity index (χ1) is 11.2. The minimum absolute atomic E-state index is 0.128. The van der Waals surface area contributed by atoms with Crippen LogP contribution < -0.4 is 5.32 Å². The highest BCUT2D eigenvalue weighted by Gasteiger charge is 2.17. The molecule has 0 radical (unpaired) electrons. The summed E-state index contributed by atoms with van der Waals surface area (Å²) in [7, 11) is 0. The number of hydrogen-bond acceptors (Lipinski definition) is 4. The van der Waals surface area contributed by atoms with Crippen molar-refractivity contribution >= 4 is 17.1 Å². The Morgan fingerprint density at radius 1 is 1.04 bits per heavy atom. The summed E-state index contributed by atoms with van der Waals surface area (Å²) in [5.41, 5.74) is 2.50. The third kappa shape index (κ3) is 4.07. The van der Waals surface area contributed by atoms with Crippen LogP contribution in [0.1, 0.15) is 24.8 Å². The van der Waals surface area contributed by atoms with Gasteiger partial charge in [0.15, 0.2) is 0 Å². The number of rotatable bonds is 5. The third-order valence-corrected chi connectivity index (χ3v) is 4.17. The first kappa shape index (κ1) is 15.5. The normalized spacial score (nSPS) is 15.3. The predicted molar refractivity (Wildman–Crippen MR) is 91.9 cm³/mol. The van der Waals surface area contributed by atoms with Crippen LogP contribution in [0.4, 0.5) is 17.1 Å². The maximum Gasteiger partial charge on any atom is 0.292 e. The summed E-state index contributed by atoms with van der Waals surface area (Å²) in [6, 6.07) is 15.0. The molecule has 1 aliphatic rings. The van der Waals surface area contributed by atoms with Crippen molar-refractivity contribution in [3.8, 4) is 0 Å². The van der Waals surface area contributed by atoms with Crippen molar-refractivity contribution in [1.82, 2.24) is 4.90 Å². The van der Waals surface area contributed by atoms with Crippen molar-refractivity contribution < 1.29 is 4.92 Å². The first-order valence-corrected chi connectivity index (χ1v) is 8.04. The molecule has 23 heavy (non-hydrogen) atoms. The molecule has 120 valence electrons. The lowest BCUT2D eigenvalue weighted by atomic mass is 10.1. The molecule has 1 aliphatic heterocycles. The van der Waals surface area contributed by atoms with Crippen LogP contribution in [-0.4, -0.2) is 22.9 Å². The Morgan fingerprint density at radius 3 is 2.48 bits per heavy atom. The van der Waals surface area contributed by atoms with Crippen LogP contribution in [0.15, 0.2) is 48.5 Å². The second kappa shape index (κ2) is 7.24. The van der Waals surface area contributed by atoms with Gasteiger partial charge in [-0.3, -0.25) is 15.0 Å². The van der Waals surface area contributed by atoms with E-state index in [0.717, 1.165) is 30.9 Å². The number of para-hydroxylation sites is 1. The Labute approximate surface area is 136 Å². The summed E-state index contributed by atoms with van der Waals surface area (Å²) in [6.45, 7) is 2.95. The Bertz CT molecular complexity index is 667. The molecule has 0 unspecified atom stereocenters. The lowest BCUT2D eigenvalue weighted by molar-refractivity contribution is -0.384. The van der Waals surface area contributed by atoms with Crippen molar-refractivity contribution in [3.05, 3.63) is 64.2 Å². The van der Waals surface area contributed by atoms with Gasteiger partial charge < -0.3 is 5.32 Å². The lowest BCUT2D eigenvalue weighted by Gasteiger charge is -2.26. The zero-order valence-electron chi connectivity index (χ0n) is 13.1. The standard InChI is InChI=1S/C18H21N3O2/c22-21(23)18-13-15(14-20-11-5-2-6-12-20)9-10-17(18)19-16-7-3-1-4-8-16/h1,3-4,7-10,13,19H,2,5-6,11-12,14H2. The van der Waals surface area contributed by atoms with E-state index in [0.29, 0.717) is 5.69 Å². The molecule has 0 bridgehead atoms. The molecule has 1 heterocycles. The Hall–Kier alpha value is -2.40. The molecule has 1 saturated heterocycles. The van der Waals surface area contributed by atoms with E-state index in [1.165, 1.54) is 19.3 Å². The molecule has 0 aliphatic carbocycles. The van der Waals surface area contributed by atoms with Gasteiger partial charge in [-0.05, 0) is 49.7 Å². The van der Waals surface area contributed by atoms with Gasteiger partial charge in [0.2, 0.25) is 0 Å². The van der Waals surface area contributed by atoms with Gasteiger partial charge in [0.25, 0.3) is 5.69 Å². The Kier molecular flexibility index (Phi) is 4.88. The second-order valence-corrected chi connectivity index (χ2v) is 5.94. The number of nitrogens with zero attached hydrogens (tertiary/aromatic N) is 2. The van der Waals surface area contributed by atoms with Crippen LogP contribution in [0.2, 0.25) is 0 Å². The average molecular weight is 311 g/mol. The molecule has 5 heteroatoms. The predicted octanol–water partition coefficient (Wildman–Crippen LogP) is 4.32. The van der Waals surface area contributed by atoms with E-state index in [9.17, 15) is 10.1 Å². The first-order valence-electron chi connectivity index (χ1n) is 8.04.